The highest BCUT2D eigenvalue weighted by molar-refractivity contribution is 5.94. The number of hydrogen-bond acceptors (Lipinski definition) is 3. The second-order valence-corrected chi connectivity index (χ2v) is 4.30. The fourth-order valence-electron chi connectivity index (χ4n) is 1.44. The molecule has 0 bridgehead atoms. The lowest BCUT2D eigenvalue weighted by molar-refractivity contribution is -0.137. The third-order valence-electron chi connectivity index (χ3n) is 2.57. The van der Waals surface area contributed by atoms with Crippen molar-refractivity contribution in [2.45, 2.75) is 13.8 Å². The van der Waals surface area contributed by atoms with Gasteiger partial charge in [-0.1, -0.05) is 17.7 Å². The summed E-state index contributed by atoms with van der Waals surface area (Å²) in [5.74, 6) is -0.433. The zero-order valence-electron chi connectivity index (χ0n) is 11.6. The van der Waals surface area contributed by atoms with Crippen LogP contribution >= 0.6 is 0 Å². The minimum Gasteiger partial charge on any atom is -0.372 e. The first-order valence-corrected chi connectivity index (χ1v) is 6.21. The first-order valence-electron chi connectivity index (χ1n) is 6.21. The van der Waals surface area contributed by atoms with E-state index in [4.69, 9.17) is 4.74 Å². The van der Waals surface area contributed by atoms with Gasteiger partial charge in [0.1, 0.15) is 6.61 Å². The molecule has 0 saturated carbocycles. The minimum atomic E-state index is -0.226. The topological polar surface area (TPSA) is 58.6 Å². The van der Waals surface area contributed by atoms with Gasteiger partial charge in [0.15, 0.2) is 0 Å². The number of rotatable bonds is 6. The molecule has 0 fully saturated rings. The van der Waals surface area contributed by atoms with Gasteiger partial charge in [0.2, 0.25) is 11.8 Å². The summed E-state index contributed by atoms with van der Waals surface area (Å²) >= 11 is 0. The lowest BCUT2D eigenvalue weighted by atomic mass is 10.2. The SMILES string of the molecule is CCOCC(=O)N(C)CC(=O)Nc1ccc(C)cc1. The molecule has 104 valence electrons. The van der Waals surface area contributed by atoms with E-state index in [0.29, 0.717) is 6.61 Å². The molecule has 0 saturated heterocycles. The summed E-state index contributed by atoms with van der Waals surface area (Å²) in [5, 5.41) is 2.74. The number of benzene rings is 1. The Labute approximate surface area is 113 Å². The molecule has 0 aliphatic carbocycles. The molecule has 1 rings (SSSR count). The van der Waals surface area contributed by atoms with E-state index in [-0.39, 0.29) is 25.0 Å². The van der Waals surface area contributed by atoms with Crippen molar-refractivity contribution >= 4 is 17.5 Å². The second-order valence-electron chi connectivity index (χ2n) is 4.30. The van der Waals surface area contributed by atoms with Crippen LogP contribution in [-0.2, 0) is 14.3 Å². The van der Waals surface area contributed by atoms with Crippen molar-refractivity contribution in [3.05, 3.63) is 29.8 Å². The molecule has 0 spiro atoms. The maximum atomic E-state index is 11.7. The predicted octanol–water partition coefficient (Wildman–Crippen LogP) is 1.43. The Morgan fingerprint density at radius 1 is 1.26 bits per heavy atom. The van der Waals surface area contributed by atoms with Gasteiger partial charge in [-0.25, -0.2) is 0 Å². The highest BCUT2D eigenvalue weighted by atomic mass is 16.5. The quantitative estimate of drug-likeness (QED) is 0.845. The molecular weight excluding hydrogens is 244 g/mol. The molecular formula is C14H20N2O3. The van der Waals surface area contributed by atoms with Crippen LogP contribution < -0.4 is 5.32 Å². The summed E-state index contributed by atoms with van der Waals surface area (Å²) < 4.78 is 5.01. The maximum absolute atomic E-state index is 11.7. The number of nitrogens with one attached hydrogen (secondary N) is 1. The van der Waals surface area contributed by atoms with Crippen LogP contribution in [0.5, 0.6) is 0 Å². The number of carbonyl (C=O) groups is 2. The van der Waals surface area contributed by atoms with Crippen LogP contribution in [-0.4, -0.2) is 43.5 Å². The summed E-state index contributed by atoms with van der Waals surface area (Å²) in [6.45, 7) is 4.29. The maximum Gasteiger partial charge on any atom is 0.248 e. The van der Waals surface area contributed by atoms with Crippen LogP contribution in [0.1, 0.15) is 12.5 Å². The van der Waals surface area contributed by atoms with Gasteiger partial charge in [0.25, 0.3) is 0 Å². The van der Waals surface area contributed by atoms with Crippen molar-refractivity contribution in [3.63, 3.8) is 0 Å². The highest BCUT2D eigenvalue weighted by Crippen LogP contribution is 2.08. The second kappa shape index (κ2) is 7.53. The van der Waals surface area contributed by atoms with E-state index in [1.807, 2.05) is 38.1 Å². The fourth-order valence-corrected chi connectivity index (χ4v) is 1.44. The lowest BCUT2D eigenvalue weighted by Gasteiger charge is -2.16. The van der Waals surface area contributed by atoms with E-state index in [2.05, 4.69) is 5.32 Å². The molecule has 0 aliphatic rings. The van der Waals surface area contributed by atoms with Crippen molar-refractivity contribution in [1.29, 1.82) is 0 Å². The van der Waals surface area contributed by atoms with Crippen molar-refractivity contribution in [2.75, 3.05) is 32.1 Å². The number of carbonyl (C=O) groups excluding carboxylic acids is 2. The predicted molar refractivity (Wildman–Crippen MR) is 73.9 cm³/mol. The van der Waals surface area contributed by atoms with E-state index in [0.717, 1.165) is 11.3 Å². The summed E-state index contributed by atoms with van der Waals surface area (Å²) in [5.41, 5.74) is 1.85. The number of likely N-dealkylation sites (N-methyl/N-ethyl adjacent to an activating group) is 1. The molecule has 1 aromatic rings. The molecule has 0 heterocycles. The van der Waals surface area contributed by atoms with Gasteiger partial charge < -0.3 is 15.0 Å². The van der Waals surface area contributed by atoms with E-state index in [1.54, 1.807) is 7.05 Å². The Bertz CT molecular complexity index is 429. The molecule has 0 aromatic heterocycles. The monoisotopic (exact) mass is 264 g/mol. The standard InChI is InChI=1S/C14H20N2O3/c1-4-19-10-14(18)16(3)9-13(17)15-12-7-5-11(2)6-8-12/h5-8H,4,9-10H2,1-3H3,(H,15,17). The van der Waals surface area contributed by atoms with Gasteiger partial charge in [-0.15, -0.1) is 0 Å². The Balaban J connectivity index is 2.42. The van der Waals surface area contributed by atoms with Crippen LogP contribution in [0.15, 0.2) is 24.3 Å². The number of anilines is 1. The van der Waals surface area contributed by atoms with Crippen molar-refractivity contribution in [2.24, 2.45) is 0 Å². The van der Waals surface area contributed by atoms with E-state index < -0.39 is 0 Å². The summed E-state index contributed by atoms with van der Waals surface area (Å²) in [7, 11) is 1.58. The molecule has 5 nitrogen and oxygen atoms in total. The Morgan fingerprint density at radius 2 is 1.89 bits per heavy atom. The molecule has 0 atom stereocenters. The van der Waals surface area contributed by atoms with Gasteiger partial charge in [-0.3, -0.25) is 9.59 Å². The van der Waals surface area contributed by atoms with Crippen molar-refractivity contribution < 1.29 is 14.3 Å². The van der Waals surface area contributed by atoms with Crippen molar-refractivity contribution in [3.8, 4) is 0 Å². The van der Waals surface area contributed by atoms with Gasteiger partial charge in [-0.2, -0.15) is 0 Å². The number of amides is 2. The number of nitrogens with zero attached hydrogens (tertiary/aromatic N) is 1. The van der Waals surface area contributed by atoms with Gasteiger partial charge in [0.05, 0.1) is 6.54 Å². The molecule has 2 amide bonds. The average molecular weight is 264 g/mol. The fraction of sp³-hybridized carbons (Fsp3) is 0.429. The van der Waals surface area contributed by atoms with Crippen LogP contribution in [0.4, 0.5) is 5.69 Å². The third kappa shape index (κ3) is 5.52. The lowest BCUT2D eigenvalue weighted by Crippen LogP contribution is -2.37. The Kier molecular flexibility index (Phi) is 6.02. The zero-order chi connectivity index (χ0) is 14.3. The van der Waals surface area contributed by atoms with Crippen molar-refractivity contribution in [1.82, 2.24) is 4.90 Å². The summed E-state index contributed by atoms with van der Waals surface area (Å²) in [6.07, 6.45) is 0. The normalized spacial score (nSPS) is 10.1. The Morgan fingerprint density at radius 3 is 2.47 bits per heavy atom. The first kappa shape index (κ1) is 15.2. The third-order valence-corrected chi connectivity index (χ3v) is 2.57. The Hall–Kier alpha value is -1.88. The van der Waals surface area contributed by atoms with E-state index >= 15 is 0 Å². The number of aryl methyl sites for hydroxylation is 1. The zero-order valence-corrected chi connectivity index (χ0v) is 11.6. The summed E-state index contributed by atoms with van der Waals surface area (Å²) in [6, 6.07) is 7.49. The molecule has 0 aliphatic heterocycles. The molecule has 19 heavy (non-hydrogen) atoms. The number of ether oxygens (including phenoxy) is 1. The average Bonchev–Trinajstić information content (AvgIpc) is 2.38. The van der Waals surface area contributed by atoms with Gasteiger partial charge in [0, 0.05) is 19.3 Å². The van der Waals surface area contributed by atoms with Crippen LogP contribution in [0.3, 0.4) is 0 Å². The molecule has 5 heteroatoms. The van der Waals surface area contributed by atoms with Crippen LogP contribution in [0, 0.1) is 6.92 Å². The smallest absolute Gasteiger partial charge is 0.248 e. The van der Waals surface area contributed by atoms with E-state index in [1.165, 1.54) is 4.90 Å². The molecule has 1 aromatic carbocycles. The van der Waals surface area contributed by atoms with E-state index in [9.17, 15) is 9.59 Å². The van der Waals surface area contributed by atoms with Crippen LogP contribution in [0.2, 0.25) is 0 Å². The molecule has 0 radical (unpaired) electrons. The number of hydrogen-bond donors (Lipinski definition) is 1. The first-order chi connectivity index (χ1) is 9.02. The minimum absolute atomic E-state index is 0.00477. The summed E-state index contributed by atoms with van der Waals surface area (Å²) in [4.78, 5) is 24.6. The van der Waals surface area contributed by atoms with Gasteiger partial charge in [-0.05, 0) is 26.0 Å². The molecule has 1 N–H and O–H groups in total. The van der Waals surface area contributed by atoms with Gasteiger partial charge >= 0.3 is 0 Å². The molecule has 0 unspecified atom stereocenters. The highest BCUT2D eigenvalue weighted by Gasteiger charge is 2.12. The van der Waals surface area contributed by atoms with Crippen LogP contribution in [0.25, 0.3) is 0 Å². The largest absolute Gasteiger partial charge is 0.372 e.